The Morgan fingerprint density at radius 1 is 0.897 bits per heavy atom. The van der Waals surface area contributed by atoms with Gasteiger partial charge in [-0.3, -0.25) is 9.78 Å². The molecule has 5 rings (SSSR count). The smallest absolute Gasteiger partial charge is 0.257 e. The number of morpholine rings is 1. The number of amides is 1. The minimum absolute atomic E-state index is 0.129. The number of aromatic nitrogens is 1. The third kappa shape index (κ3) is 3.41. The molecule has 29 heavy (non-hydrogen) atoms. The lowest BCUT2D eigenvalue weighted by Crippen LogP contribution is -2.37. The molecule has 0 aliphatic carbocycles. The van der Waals surface area contributed by atoms with Crippen LogP contribution < -0.4 is 10.2 Å². The summed E-state index contributed by atoms with van der Waals surface area (Å²) < 4.78 is 5.50. The zero-order valence-corrected chi connectivity index (χ0v) is 16.0. The second-order valence-electron chi connectivity index (χ2n) is 7.15. The van der Waals surface area contributed by atoms with Gasteiger partial charge in [0.25, 0.3) is 5.91 Å². The number of nitrogens with one attached hydrogen (secondary N) is 1. The van der Waals surface area contributed by atoms with Crippen LogP contribution in [0, 0.1) is 0 Å². The first kappa shape index (κ1) is 17.6. The summed E-state index contributed by atoms with van der Waals surface area (Å²) in [7, 11) is 0. The lowest BCUT2D eigenvalue weighted by atomic mass is 10.0. The maximum Gasteiger partial charge on any atom is 0.257 e. The Hall–Kier alpha value is -3.44. The molecule has 0 saturated carbocycles. The summed E-state index contributed by atoms with van der Waals surface area (Å²) >= 11 is 0. The summed E-state index contributed by atoms with van der Waals surface area (Å²) in [5.74, 6) is -0.129. The summed E-state index contributed by atoms with van der Waals surface area (Å²) in [6, 6.07) is 21.9. The van der Waals surface area contributed by atoms with Gasteiger partial charge in [0.1, 0.15) is 0 Å². The summed E-state index contributed by atoms with van der Waals surface area (Å²) in [6.45, 7) is 2.88. The van der Waals surface area contributed by atoms with Crippen molar-refractivity contribution in [3.8, 4) is 0 Å². The van der Waals surface area contributed by atoms with E-state index in [0.717, 1.165) is 40.5 Å². The number of carbonyl (C=O) groups is 1. The van der Waals surface area contributed by atoms with Crippen molar-refractivity contribution >= 4 is 39.0 Å². The first-order chi connectivity index (χ1) is 14.3. The number of rotatable bonds is 3. The number of nitrogens with zero attached hydrogens (tertiary/aromatic N) is 2. The molecule has 5 nitrogen and oxygen atoms in total. The highest BCUT2D eigenvalue weighted by Gasteiger charge is 2.20. The van der Waals surface area contributed by atoms with Gasteiger partial charge in [-0.25, -0.2) is 0 Å². The molecule has 4 aromatic rings. The molecule has 1 fully saturated rings. The molecule has 1 N–H and O–H groups in total. The van der Waals surface area contributed by atoms with E-state index in [1.807, 2.05) is 54.6 Å². The number of fused-ring (bicyclic) bond motifs is 2. The zero-order chi connectivity index (χ0) is 19.6. The number of para-hydroxylation sites is 1. The lowest BCUT2D eigenvalue weighted by molar-refractivity contribution is 0.102. The molecule has 0 radical (unpaired) electrons. The molecule has 1 aliphatic rings. The van der Waals surface area contributed by atoms with Crippen LogP contribution in [0.15, 0.2) is 72.9 Å². The highest BCUT2D eigenvalue weighted by atomic mass is 16.5. The van der Waals surface area contributed by atoms with Crippen LogP contribution in [0.2, 0.25) is 0 Å². The van der Waals surface area contributed by atoms with Gasteiger partial charge in [0.15, 0.2) is 0 Å². The van der Waals surface area contributed by atoms with Gasteiger partial charge in [-0.15, -0.1) is 0 Å². The van der Waals surface area contributed by atoms with Crippen molar-refractivity contribution in [2.24, 2.45) is 0 Å². The predicted molar refractivity (Wildman–Crippen MR) is 117 cm³/mol. The Morgan fingerprint density at radius 2 is 1.62 bits per heavy atom. The van der Waals surface area contributed by atoms with Crippen molar-refractivity contribution in [3.63, 3.8) is 0 Å². The lowest BCUT2D eigenvalue weighted by Gasteiger charge is -2.30. The average molecular weight is 383 g/mol. The SMILES string of the molecule is O=C(Nc1cccc2cccnc12)c1cc2ccccc2cc1N1CCOCC1. The third-order valence-electron chi connectivity index (χ3n) is 5.34. The van der Waals surface area contributed by atoms with Gasteiger partial charge in [-0.2, -0.15) is 0 Å². The average Bonchev–Trinajstić information content (AvgIpc) is 2.79. The first-order valence-electron chi connectivity index (χ1n) is 9.80. The number of hydrogen-bond donors (Lipinski definition) is 1. The Balaban J connectivity index is 1.58. The number of hydrogen-bond acceptors (Lipinski definition) is 4. The molecule has 144 valence electrons. The van der Waals surface area contributed by atoms with E-state index in [1.54, 1.807) is 6.20 Å². The fourth-order valence-corrected chi connectivity index (χ4v) is 3.87. The molecule has 0 atom stereocenters. The fraction of sp³-hybridized carbons (Fsp3) is 0.167. The summed E-state index contributed by atoms with van der Waals surface area (Å²) in [4.78, 5) is 20.0. The second kappa shape index (κ2) is 7.53. The quantitative estimate of drug-likeness (QED) is 0.567. The third-order valence-corrected chi connectivity index (χ3v) is 5.34. The van der Waals surface area contributed by atoms with Crippen LogP contribution in [-0.2, 0) is 4.74 Å². The van der Waals surface area contributed by atoms with Crippen molar-refractivity contribution in [1.29, 1.82) is 0 Å². The van der Waals surface area contributed by atoms with Crippen molar-refractivity contribution in [2.45, 2.75) is 0 Å². The normalized spacial score (nSPS) is 14.3. The summed E-state index contributed by atoms with van der Waals surface area (Å²) in [6.07, 6.45) is 1.74. The van der Waals surface area contributed by atoms with Gasteiger partial charge >= 0.3 is 0 Å². The fourth-order valence-electron chi connectivity index (χ4n) is 3.87. The van der Waals surface area contributed by atoms with Crippen LogP contribution >= 0.6 is 0 Å². The standard InChI is InChI=1S/C24H21N3O2/c28-24(26-21-9-3-7-17-8-4-10-25-23(17)21)20-15-18-5-1-2-6-19(18)16-22(20)27-11-13-29-14-12-27/h1-10,15-16H,11-14H2,(H,26,28). The number of anilines is 2. The first-order valence-corrected chi connectivity index (χ1v) is 9.80. The Labute approximate surface area is 168 Å². The van der Waals surface area contributed by atoms with Gasteiger partial charge in [-0.1, -0.05) is 42.5 Å². The van der Waals surface area contributed by atoms with Crippen LogP contribution in [-0.4, -0.2) is 37.2 Å². The predicted octanol–water partition coefficient (Wildman–Crippen LogP) is 4.48. The van der Waals surface area contributed by atoms with E-state index in [-0.39, 0.29) is 5.91 Å². The highest BCUT2D eigenvalue weighted by Crippen LogP contribution is 2.30. The molecule has 5 heteroatoms. The van der Waals surface area contributed by atoms with Crippen LogP contribution in [0.3, 0.4) is 0 Å². The maximum absolute atomic E-state index is 13.4. The molecular weight excluding hydrogens is 362 g/mol. The molecular formula is C24H21N3O2. The van der Waals surface area contributed by atoms with E-state index in [2.05, 4.69) is 27.3 Å². The number of ether oxygens (including phenoxy) is 1. The van der Waals surface area contributed by atoms with E-state index < -0.39 is 0 Å². The molecule has 0 unspecified atom stereocenters. The maximum atomic E-state index is 13.4. The molecule has 0 spiro atoms. The monoisotopic (exact) mass is 383 g/mol. The molecule has 1 amide bonds. The van der Waals surface area contributed by atoms with Crippen LogP contribution in [0.5, 0.6) is 0 Å². The van der Waals surface area contributed by atoms with Crippen LogP contribution in [0.4, 0.5) is 11.4 Å². The molecule has 1 aromatic heterocycles. The van der Waals surface area contributed by atoms with Gasteiger partial charge in [0, 0.05) is 24.7 Å². The number of benzene rings is 3. The Kier molecular flexibility index (Phi) is 4.58. The van der Waals surface area contributed by atoms with Crippen molar-refractivity contribution in [3.05, 3.63) is 78.5 Å². The largest absolute Gasteiger partial charge is 0.378 e. The van der Waals surface area contributed by atoms with Gasteiger partial charge in [0.05, 0.1) is 35.7 Å². The molecule has 0 bridgehead atoms. The van der Waals surface area contributed by atoms with Crippen LogP contribution in [0.25, 0.3) is 21.7 Å². The van der Waals surface area contributed by atoms with Crippen LogP contribution in [0.1, 0.15) is 10.4 Å². The van der Waals surface area contributed by atoms with E-state index >= 15 is 0 Å². The minimum Gasteiger partial charge on any atom is -0.378 e. The van der Waals surface area contributed by atoms with Crippen molar-refractivity contribution in [1.82, 2.24) is 4.98 Å². The molecule has 2 heterocycles. The van der Waals surface area contributed by atoms with Crippen molar-refractivity contribution < 1.29 is 9.53 Å². The number of pyridine rings is 1. The minimum atomic E-state index is -0.129. The van der Waals surface area contributed by atoms with E-state index in [9.17, 15) is 4.79 Å². The van der Waals surface area contributed by atoms with E-state index in [4.69, 9.17) is 4.74 Å². The molecule has 3 aromatic carbocycles. The van der Waals surface area contributed by atoms with Gasteiger partial charge in [-0.05, 0) is 35.0 Å². The van der Waals surface area contributed by atoms with Gasteiger partial charge < -0.3 is 15.0 Å². The highest BCUT2D eigenvalue weighted by molar-refractivity contribution is 6.13. The molecule has 1 aliphatic heterocycles. The van der Waals surface area contributed by atoms with E-state index in [1.165, 1.54) is 0 Å². The van der Waals surface area contributed by atoms with Crippen molar-refractivity contribution in [2.75, 3.05) is 36.5 Å². The summed E-state index contributed by atoms with van der Waals surface area (Å²) in [5, 5.41) is 6.25. The molecule has 1 saturated heterocycles. The number of carbonyl (C=O) groups excluding carboxylic acids is 1. The zero-order valence-electron chi connectivity index (χ0n) is 16.0. The second-order valence-corrected chi connectivity index (χ2v) is 7.15. The topological polar surface area (TPSA) is 54.5 Å². The van der Waals surface area contributed by atoms with Gasteiger partial charge in [0.2, 0.25) is 0 Å². The van der Waals surface area contributed by atoms with E-state index in [0.29, 0.717) is 24.5 Å². The summed E-state index contributed by atoms with van der Waals surface area (Å²) in [5.41, 5.74) is 3.11. The Morgan fingerprint density at radius 3 is 2.45 bits per heavy atom. The Bertz CT molecular complexity index is 1190.